The molecule has 3 aromatic rings. The van der Waals surface area contributed by atoms with Crippen LogP contribution < -0.4 is 9.47 Å². The van der Waals surface area contributed by atoms with E-state index in [1.807, 2.05) is 36.4 Å². The van der Waals surface area contributed by atoms with Gasteiger partial charge < -0.3 is 9.47 Å². The predicted octanol–water partition coefficient (Wildman–Crippen LogP) is 5.15. The van der Waals surface area contributed by atoms with Gasteiger partial charge in [-0.2, -0.15) is 10.5 Å². The average molecular weight is 330 g/mol. The maximum atomic E-state index is 13.0. The molecule has 5 rings (SSSR count). The van der Waals surface area contributed by atoms with Crippen LogP contribution in [0, 0.1) is 28.5 Å². The molecular formula is C20H11FN2O2. The topological polar surface area (TPSA) is 66.0 Å². The van der Waals surface area contributed by atoms with E-state index < -0.39 is 5.82 Å². The van der Waals surface area contributed by atoms with Gasteiger partial charge in [-0.25, -0.2) is 4.39 Å². The van der Waals surface area contributed by atoms with E-state index in [0.29, 0.717) is 0 Å². The van der Waals surface area contributed by atoms with E-state index in [1.165, 1.54) is 24.3 Å². The molecule has 3 aromatic carbocycles. The monoisotopic (exact) mass is 330 g/mol. The van der Waals surface area contributed by atoms with Gasteiger partial charge in [-0.1, -0.05) is 18.2 Å². The van der Waals surface area contributed by atoms with Crippen molar-refractivity contribution in [2.45, 2.75) is 0 Å². The summed E-state index contributed by atoms with van der Waals surface area (Å²) < 4.78 is 23.4. The lowest BCUT2D eigenvalue weighted by Crippen LogP contribution is -1.91. The van der Waals surface area contributed by atoms with Crippen molar-refractivity contribution < 1.29 is 13.9 Å². The molecule has 0 saturated heterocycles. The highest BCUT2D eigenvalue weighted by Crippen LogP contribution is 2.33. The van der Waals surface area contributed by atoms with Crippen LogP contribution in [0.25, 0.3) is 0 Å². The number of hydrogen-bond donors (Lipinski definition) is 0. The number of fused-ring (bicyclic) bond motifs is 2. The second kappa shape index (κ2) is 7.16. The summed E-state index contributed by atoms with van der Waals surface area (Å²) in [6.45, 7) is 0. The van der Waals surface area contributed by atoms with E-state index >= 15 is 0 Å². The molecule has 0 aliphatic carbocycles. The standard InChI is InChI=1S/C14H7FN2O.C6H4O/c15-11-4-2-5-12(7-11)18-14-6-1-3-10(8-16)13(14)9-17;1-2-5-4-6(3-1)7-5/h1-7H;1-4H. The molecule has 0 radical (unpaired) electrons. The smallest absolute Gasteiger partial charge is 0.146 e. The predicted molar refractivity (Wildman–Crippen MR) is 88.9 cm³/mol. The summed E-state index contributed by atoms with van der Waals surface area (Å²) >= 11 is 0. The third-order valence-corrected chi connectivity index (χ3v) is 3.32. The van der Waals surface area contributed by atoms with Gasteiger partial charge in [0.15, 0.2) is 0 Å². The first-order valence-electron chi connectivity index (χ1n) is 7.34. The molecule has 0 aromatic heterocycles. The fourth-order valence-electron chi connectivity index (χ4n) is 2.16. The Bertz CT molecular complexity index is 978. The molecule has 2 bridgehead atoms. The van der Waals surface area contributed by atoms with Crippen LogP contribution in [-0.4, -0.2) is 0 Å². The number of benzene rings is 3. The molecule has 0 fully saturated rings. The zero-order valence-corrected chi connectivity index (χ0v) is 12.9. The zero-order chi connectivity index (χ0) is 17.6. The largest absolute Gasteiger partial charge is 0.457 e. The number of halogens is 1. The van der Waals surface area contributed by atoms with Gasteiger partial charge in [-0.05, 0) is 36.4 Å². The highest BCUT2D eigenvalue weighted by molar-refractivity contribution is 5.55. The first-order valence-corrected chi connectivity index (χ1v) is 7.34. The van der Waals surface area contributed by atoms with Gasteiger partial charge in [0.2, 0.25) is 0 Å². The Balaban J connectivity index is 0.000000213. The average Bonchev–Trinajstić information content (AvgIpc) is 2.62. The van der Waals surface area contributed by atoms with Crippen molar-refractivity contribution in [3.63, 3.8) is 0 Å². The number of rotatable bonds is 2. The Morgan fingerprint density at radius 2 is 1.52 bits per heavy atom. The van der Waals surface area contributed by atoms with Gasteiger partial charge >= 0.3 is 0 Å². The quantitative estimate of drug-likeness (QED) is 0.509. The third-order valence-electron chi connectivity index (χ3n) is 3.32. The molecular weight excluding hydrogens is 319 g/mol. The Morgan fingerprint density at radius 3 is 2.04 bits per heavy atom. The fraction of sp³-hybridized carbons (Fsp3) is 0. The molecule has 2 heterocycles. The van der Waals surface area contributed by atoms with Crippen LogP contribution >= 0.6 is 0 Å². The van der Waals surface area contributed by atoms with Crippen LogP contribution in [0.2, 0.25) is 0 Å². The first-order chi connectivity index (χ1) is 12.2. The molecule has 2 aliphatic rings. The number of ether oxygens (including phenoxy) is 2. The molecule has 25 heavy (non-hydrogen) atoms. The van der Waals surface area contributed by atoms with Crippen molar-refractivity contribution in [2.24, 2.45) is 0 Å². The Kier molecular flexibility index (Phi) is 4.60. The molecule has 0 N–H and O–H groups in total. The van der Waals surface area contributed by atoms with Crippen molar-refractivity contribution in [3.05, 3.63) is 83.7 Å². The van der Waals surface area contributed by atoms with Crippen molar-refractivity contribution in [3.8, 4) is 35.1 Å². The summed E-state index contributed by atoms with van der Waals surface area (Å²) in [4.78, 5) is 0. The van der Waals surface area contributed by atoms with Crippen LogP contribution in [0.3, 0.4) is 0 Å². The SMILES string of the molecule is N#Cc1cccc(Oc2cccc(F)c2)c1C#N.c1cc2cc(c1)O2. The number of hydrogen-bond acceptors (Lipinski definition) is 4. The summed E-state index contributed by atoms with van der Waals surface area (Å²) in [6.07, 6.45) is 0. The van der Waals surface area contributed by atoms with Gasteiger partial charge in [0.25, 0.3) is 0 Å². The molecule has 2 aliphatic heterocycles. The summed E-state index contributed by atoms with van der Waals surface area (Å²) in [5, 5.41) is 17.9. The molecule has 4 nitrogen and oxygen atoms in total. The van der Waals surface area contributed by atoms with E-state index in [1.54, 1.807) is 18.2 Å². The van der Waals surface area contributed by atoms with Crippen molar-refractivity contribution in [2.75, 3.05) is 0 Å². The molecule has 0 amide bonds. The minimum absolute atomic E-state index is 0.143. The summed E-state index contributed by atoms with van der Waals surface area (Å²) in [5.41, 5.74) is 0.371. The number of nitriles is 2. The second-order valence-corrected chi connectivity index (χ2v) is 5.04. The van der Waals surface area contributed by atoms with Crippen molar-refractivity contribution in [1.82, 2.24) is 0 Å². The highest BCUT2D eigenvalue weighted by Gasteiger charge is 2.10. The van der Waals surface area contributed by atoms with Gasteiger partial charge in [0.1, 0.15) is 46.5 Å². The lowest BCUT2D eigenvalue weighted by atomic mass is 10.1. The maximum Gasteiger partial charge on any atom is 0.146 e. The van der Waals surface area contributed by atoms with Gasteiger partial charge in [0, 0.05) is 12.1 Å². The second-order valence-electron chi connectivity index (χ2n) is 5.04. The first kappa shape index (κ1) is 16.0. The molecule has 0 unspecified atom stereocenters. The highest BCUT2D eigenvalue weighted by atomic mass is 19.1. The van der Waals surface area contributed by atoms with E-state index in [9.17, 15) is 4.39 Å². The molecule has 0 saturated carbocycles. The molecule has 0 atom stereocenters. The Hall–Kier alpha value is -3.83. The van der Waals surface area contributed by atoms with Gasteiger partial charge in [-0.3, -0.25) is 0 Å². The molecule has 5 heteroatoms. The van der Waals surface area contributed by atoms with E-state index in [0.717, 1.165) is 11.5 Å². The lowest BCUT2D eigenvalue weighted by Gasteiger charge is -2.13. The van der Waals surface area contributed by atoms with E-state index in [4.69, 9.17) is 20.0 Å². The van der Waals surface area contributed by atoms with Crippen LogP contribution in [0.15, 0.2) is 66.7 Å². The summed E-state index contributed by atoms with van der Waals surface area (Å²) in [7, 11) is 0. The fourth-order valence-corrected chi connectivity index (χ4v) is 2.16. The number of nitrogens with zero attached hydrogens (tertiary/aromatic N) is 2. The third kappa shape index (κ3) is 3.74. The summed E-state index contributed by atoms with van der Waals surface area (Å²) in [5.74, 6) is 2.06. The Morgan fingerprint density at radius 1 is 0.840 bits per heavy atom. The van der Waals surface area contributed by atoms with E-state index in [-0.39, 0.29) is 22.6 Å². The van der Waals surface area contributed by atoms with Crippen LogP contribution in [0.1, 0.15) is 11.1 Å². The van der Waals surface area contributed by atoms with Crippen LogP contribution in [0.4, 0.5) is 4.39 Å². The van der Waals surface area contributed by atoms with Crippen molar-refractivity contribution in [1.29, 1.82) is 10.5 Å². The van der Waals surface area contributed by atoms with E-state index in [2.05, 4.69) is 0 Å². The van der Waals surface area contributed by atoms with Crippen molar-refractivity contribution >= 4 is 0 Å². The van der Waals surface area contributed by atoms with Gasteiger partial charge in [-0.15, -0.1) is 0 Å². The molecule has 0 spiro atoms. The minimum atomic E-state index is -0.428. The maximum absolute atomic E-state index is 13.0. The Labute approximate surface area is 143 Å². The minimum Gasteiger partial charge on any atom is -0.457 e. The lowest BCUT2D eigenvalue weighted by molar-refractivity contribution is 0.438. The zero-order valence-electron chi connectivity index (χ0n) is 12.9. The normalized spacial score (nSPS) is 10.0. The summed E-state index contributed by atoms with van der Waals surface area (Å²) in [6, 6.07) is 21.9. The van der Waals surface area contributed by atoms with Crippen LogP contribution in [-0.2, 0) is 0 Å². The van der Waals surface area contributed by atoms with Gasteiger partial charge in [0.05, 0.1) is 5.56 Å². The van der Waals surface area contributed by atoms with Crippen LogP contribution in [0.5, 0.6) is 23.0 Å². The molecule has 120 valence electrons.